The molecule has 0 radical (unpaired) electrons. The molecule has 1 atom stereocenters. The van der Waals surface area contributed by atoms with Crippen molar-refractivity contribution in [3.8, 4) is 0 Å². The third-order valence-electron chi connectivity index (χ3n) is 3.20. The van der Waals surface area contributed by atoms with Crippen LogP contribution in [0.25, 0.3) is 0 Å². The Morgan fingerprint density at radius 2 is 1.79 bits per heavy atom. The van der Waals surface area contributed by atoms with Crippen LogP contribution < -0.4 is 0 Å². The minimum Gasteiger partial charge on any atom is -0.386 e. The normalized spacial score (nSPS) is 13.3. The fraction of sp³-hybridized carbons (Fsp3) is 0.375. The summed E-state index contributed by atoms with van der Waals surface area (Å²) in [7, 11) is 0. The number of aliphatic hydroxyl groups is 1. The lowest BCUT2D eigenvalue weighted by atomic mass is 9.86. The number of aromatic nitrogens is 2. The predicted octanol–water partition coefficient (Wildman–Crippen LogP) is 3.05. The zero-order valence-electron chi connectivity index (χ0n) is 11.7. The van der Waals surface area contributed by atoms with Gasteiger partial charge in [0.05, 0.1) is 5.69 Å². The average molecular weight is 256 g/mol. The molecule has 2 rings (SSSR count). The van der Waals surface area contributed by atoms with Gasteiger partial charge in [-0.1, -0.05) is 45.0 Å². The molecule has 19 heavy (non-hydrogen) atoms. The molecule has 100 valence electrons. The highest BCUT2D eigenvalue weighted by atomic mass is 16.3. The summed E-state index contributed by atoms with van der Waals surface area (Å²) in [5, 5.41) is 10.1. The van der Waals surface area contributed by atoms with Crippen molar-refractivity contribution in [2.75, 3.05) is 0 Å². The molecule has 1 aromatic carbocycles. The van der Waals surface area contributed by atoms with Gasteiger partial charge in [-0.25, -0.2) is 9.97 Å². The number of benzene rings is 1. The van der Waals surface area contributed by atoms with Crippen molar-refractivity contribution in [1.29, 1.82) is 0 Å². The van der Waals surface area contributed by atoms with Crippen LogP contribution in [0.1, 0.15) is 43.7 Å². The second-order valence-electron chi connectivity index (χ2n) is 5.80. The van der Waals surface area contributed by atoms with Crippen LogP contribution in [0.3, 0.4) is 0 Å². The molecule has 0 amide bonds. The van der Waals surface area contributed by atoms with Gasteiger partial charge in [0.1, 0.15) is 12.4 Å². The molecular formula is C16H20N2O. The van der Waals surface area contributed by atoms with Gasteiger partial charge in [-0.15, -0.1) is 0 Å². The van der Waals surface area contributed by atoms with E-state index in [9.17, 15) is 5.11 Å². The molecule has 1 N–H and O–H groups in total. The largest absolute Gasteiger partial charge is 0.386 e. The maximum absolute atomic E-state index is 10.1. The van der Waals surface area contributed by atoms with E-state index in [0.29, 0.717) is 12.1 Å². The van der Waals surface area contributed by atoms with Crippen molar-refractivity contribution in [3.05, 3.63) is 59.7 Å². The fourth-order valence-corrected chi connectivity index (χ4v) is 1.97. The second-order valence-corrected chi connectivity index (χ2v) is 5.80. The molecule has 1 unspecified atom stereocenters. The first-order valence-corrected chi connectivity index (χ1v) is 6.50. The number of nitrogens with zero attached hydrogens (tertiary/aromatic N) is 2. The zero-order chi connectivity index (χ0) is 13.9. The van der Waals surface area contributed by atoms with Gasteiger partial charge >= 0.3 is 0 Å². The van der Waals surface area contributed by atoms with Crippen molar-refractivity contribution in [2.24, 2.45) is 0 Å². The van der Waals surface area contributed by atoms with E-state index in [1.807, 2.05) is 0 Å². The first-order chi connectivity index (χ1) is 8.97. The summed E-state index contributed by atoms with van der Waals surface area (Å²) in [4.78, 5) is 7.92. The minimum absolute atomic E-state index is 0.157. The predicted molar refractivity (Wildman–Crippen MR) is 75.8 cm³/mol. The smallest absolute Gasteiger partial charge is 0.115 e. The van der Waals surface area contributed by atoms with Gasteiger partial charge in [-0.2, -0.15) is 0 Å². The van der Waals surface area contributed by atoms with E-state index < -0.39 is 6.10 Å². The summed E-state index contributed by atoms with van der Waals surface area (Å²) in [6.45, 7) is 6.58. The molecule has 0 fully saturated rings. The third kappa shape index (κ3) is 3.61. The highest BCUT2D eigenvalue weighted by molar-refractivity contribution is 5.28. The van der Waals surface area contributed by atoms with Crippen LogP contribution >= 0.6 is 0 Å². The monoisotopic (exact) mass is 256 g/mol. The van der Waals surface area contributed by atoms with E-state index in [2.05, 4.69) is 55.0 Å². The number of hydrogen-bond acceptors (Lipinski definition) is 3. The van der Waals surface area contributed by atoms with E-state index in [4.69, 9.17) is 0 Å². The van der Waals surface area contributed by atoms with Gasteiger partial charge in [0.2, 0.25) is 0 Å². The molecule has 0 spiro atoms. The summed E-state index contributed by atoms with van der Waals surface area (Å²) in [5.74, 6) is 0. The molecular weight excluding hydrogens is 236 g/mol. The topological polar surface area (TPSA) is 46.0 Å². The second kappa shape index (κ2) is 5.49. The molecule has 0 aliphatic rings. The molecule has 0 bridgehead atoms. The van der Waals surface area contributed by atoms with Crippen LogP contribution in [0.5, 0.6) is 0 Å². The van der Waals surface area contributed by atoms with Crippen LogP contribution in [-0.2, 0) is 11.8 Å². The lowest BCUT2D eigenvalue weighted by Crippen LogP contribution is -2.11. The van der Waals surface area contributed by atoms with E-state index in [0.717, 1.165) is 5.56 Å². The Hall–Kier alpha value is -1.74. The van der Waals surface area contributed by atoms with Crippen LogP contribution in [0.15, 0.2) is 42.9 Å². The molecule has 1 heterocycles. The number of hydrogen-bond donors (Lipinski definition) is 1. The number of rotatable bonds is 3. The highest BCUT2D eigenvalue weighted by Crippen LogP contribution is 2.23. The lowest BCUT2D eigenvalue weighted by molar-refractivity contribution is 0.173. The van der Waals surface area contributed by atoms with E-state index in [1.165, 1.54) is 11.9 Å². The van der Waals surface area contributed by atoms with Gasteiger partial charge in [0.25, 0.3) is 0 Å². The molecule has 1 aromatic heterocycles. The van der Waals surface area contributed by atoms with Crippen molar-refractivity contribution >= 4 is 0 Å². The van der Waals surface area contributed by atoms with Crippen molar-refractivity contribution in [2.45, 2.75) is 38.7 Å². The third-order valence-corrected chi connectivity index (χ3v) is 3.20. The molecule has 0 saturated heterocycles. The van der Waals surface area contributed by atoms with Crippen molar-refractivity contribution in [1.82, 2.24) is 9.97 Å². The SMILES string of the molecule is CC(C)(C)c1ccc(CC(O)c2ccncn2)cc1. The van der Waals surface area contributed by atoms with E-state index in [1.54, 1.807) is 12.3 Å². The number of aliphatic hydroxyl groups excluding tert-OH is 1. The maximum Gasteiger partial charge on any atom is 0.115 e. The molecule has 0 aliphatic carbocycles. The standard InChI is InChI=1S/C16H20N2O/c1-16(2,3)13-6-4-12(5-7-13)10-15(19)14-8-9-17-11-18-14/h4-9,11,15,19H,10H2,1-3H3. The molecule has 3 nitrogen and oxygen atoms in total. The molecule has 3 heteroatoms. The highest BCUT2D eigenvalue weighted by Gasteiger charge is 2.14. The first-order valence-electron chi connectivity index (χ1n) is 6.50. The Morgan fingerprint density at radius 1 is 1.11 bits per heavy atom. The Kier molecular flexibility index (Phi) is 3.96. The minimum atomic E-state index is -0.580. The van der Waals surface area contributed by atoms with Gasteiger partial charge < -0.3 is 5.11 Å². The molecule has 0 saturated carbocycles. The summed E-state index contributed by atoms with van der Waals surface area (Å²) >= 11 is 0. The Bertz CT molecular complexity index is 515. The van der Waals surface area contributed by atoms with Crippen LogP contribution in [0.2, 0.25) is 0 Å². The lowest BCUT2D eigenvalue weighted by Gasteiger charge is -2.19. The van der Waals surface area contributed by atoms with E-state index in [-0.39, 0.29) is 5.41 Å². The van der Waals surface area contributed by atoms with Gasteiger partial charge in [0, 0.05) is 12.6 Å². The first kappa shape index (κ1) is 13.7. The van der Waals surface area contributed by atoms with Crippen molar-refractivity contribution in [3.63, 3.8) is 0 Å². The Labute approximate surface area is 114 Å². The summed E-state index contributed by atoms with van der Waals surface area (Å²) < 4.78 is 0. The summed E-state index contributed by atoms with van der Waals surface area (Å²) in [6, 6.07) is 10.1. The summed E-state index contributed by atoms with van der Waals surface area (Å²) in [5.41, 5.74) is 3.23. The van der Waals surface area contributed by atoms with Crippen LogP contribution in [0, 0.1) is 0 Å². The fourth-order valence-electron chi connectivity index (χ4n) is 1.97. The van der Waals surface area contributed by atoms with Crippen LogP contribution in [0.4, 0.5) is 0 Å². The Balaban J connectivity index is 2.08. The Morgan fingerprint density at radius 3 is 2.32 bits per heavy atom. The molecule has 0 aliphatic heterocycles. The van der Waals surface area contributed by atoms with Gasteiger partial charge in [-0.3, -0.25) is 0 Å². The quantitative estimate of drug-likeness (QED) is 0.918. The summed E-state index contributed by atoms with van der Waals surface area (Å²) in [6.07, 6.45) is 3.10. The zero-order valence-corrected chi connectivity index (χ0v) is 11.7. The van der Waals surface area contributed by atoms with Crippen molar-refractivity contribution < 1.29 is 5.11 Å². The maximum atomic E-state index is 10.1. The van der Waals surface area contributed by atoms with Gasteiger partial charge in [0.15, 0.2) is 0 Å². The van der Waals surface area contributed by atoms with Crippen LogP contribution in [-0.4, -0.2) is 15.1 Å². The van der Waals surface area contributed by atoms with Gasteiger partial charge in [-0.05, 0) is 22.6 Å². The average Bonchev–Trinajstić information content (AvgIpc) is 2.39. The molecule has 2 aromatic rings. The van der Waals surface area contributed by atoms with E-state index >= 15 is 0 Å².